The molecule has 0 saturated carbocycles. The highest BCUT2D eigenvalue weighted by molar-refractivity contribution is 7.88. The fourth-order valence-electron chi connectivity index (χ4n) is 5.22. The molecule has 1 saturated heterocycles. The quantitative estimate of drug-likeness (QED) is 0.579. The zero-order chi connectivity index (χ0) is 23.4. The van der Waals surface area contributed by atoms with Crippen molar-refractivity contribution in [3.05, 3.63) is 59.5 Å². The number of carbonyl (C=O) groups excluding carboxylic acids is 1. The molecule has 2 aliphatic heterocycles. The Bertz CT molecular complexity index is 1320. The standard InChI is InChI=1S/C23H26N4O5S/c1-32-16-5-6-17-18(9-16)25-22-19(11-28)27(33(2,30)31)14-23(21(17)22)12-26(13-23)20(29)8-15-4-3-7-24-10-15/h3-7,9-10,19,25,28H,8,11-14H2,1-2H3/t19-/m1/s1. The number of ether oxygens (including phenoxy) is 1. The van der Waals surface area contributed by atoms with Crippen molar-refractivity contribution in [2.24, 2.45) is 0 Å². The SMILES string of the molecule is COc1ccc2c3c([nH]c2c1)[C@@H](CO)N(S(C)(=O)=O)CC31CN(C(=O)Cc2cccnc2)C1. The minimum absolute atomic E-state index is 0.0214. The van der Waals surface area contributed by atoms with Crippen LogP contribution in [0.3, 0.4) is 0 Å². The van der Waals surface area contributed by atoms with Crippen LogP contribution in [0.25, 0.3) is 10.9 Å². The lowest BCUT2D eigenvalue weighted by Gasteiger charge is -2.55. The van der Waals surface area contributed by atoms with Crippen molar-refractivity contribution in [2.75, 3.05) is 39.6 Å². The van der Waals surface area contributed by atoms with E-state index in [2.05, 4.69) is 9.97 Å². The molecule has 4 heterocycles. The van der Waals surface area contributed by atoms with E-state index in [0.29, 0.717) is 24.5 Å². The van der Waals surface area contributed by atoms with Crippen LogP contribution in [0.4, 0.5) is 0 Å². The molecule has 1 amide bonds. The normalized spacial score (nSPS) is 20.0. The fourth-order valence-corrected chi connectivity index (χ4v) is 6.33. The predicted octanol–water partition coefficient (Wildman–Crippen LogP) is 1.20. The highest BCUT2D eigenvalue weighted by atomic mass is 32.2. The summed E-state index contributed by atoms with van der Waals surface area (Å²) in [6.45, 7) is 0.675. The van der Waals surface area contributed by atoms with E-state index < -0.39 is 21.5 Å². The minimum atomic E-state index is -3.60. The van der Waals surface area contributed by atoms with Crippen LogP contribution in [-0.4, -0.2) is 78.2 Å². The second-order valence-corrected chi connectivity index (χ2v) is 10.8. The van der Waals surface area contributed by atoms with Gasteiger partial charge in [0.2, 0.25) is 15.9 Å². The smallest absolute Gasteiger partial charge is 0.227 e. The Morgan fingerprint density at radius 2 is 2.09 bits per heavy atom. The third-order valence-corrected chi connectivity index (χ3v) is 7.96. The van der Waals surface area contributed by atoms with Gasteiger partial charge in [-0.25, -0.2) is 8.42 Å². The van der Waals surface area contributed by atoms with Crippen molar-refractivity contribution in [2.45, 2.75) is 17.9 Å². The van der Waals surface area contributed by atoms with Gasteiger partial charge >= 0.3 is 0 Å². The van der Waals surface area contributed by atoms with Gasteiger partial charge < -0.3 is 19.7 Å². The molecule has 5 rings (SSSR count). The van der Waals surface area contributed by atoms with Gasteiger partial charge in [0.15, 0.2) is 0 Å². The van der Waals surface area contributed by atoms with Crippen LogP contribution in [0.2, 0.25) is 0 Å². The van der Waals surface area contributed by atoms with Crippen molar-refractivity contribution < 1.29 is 23.1 Å². The lowest BCUT2D eigenvalue weighted by molar-refractivity contribution is -0.139. The molecule has 1 atom stereocenters. The van der Waals surface area contributed by atoms with E-state index in [1.807, 2.05) is 24.3 Å². The number of sulfonamides is 1. The Morgan fingerprint density at radius 1 is 1.30 bits per heavy atom. The number of aromatic nitrogens is 2. The summed E-state index contributed by atoms with van der Waals surface area (Å²) < 4.78 is 32.0. The number of fused-ring (bicyclic) bond motifs is 4. The number of amides is 1. The van der Waals surface area contributed by atoms with Crippen molar-refractivity contribution in [3.63, 3.8) is 0 Å². The topological polar surface area (TPSA) is 116 Å². The van der Waals surface area contributed by atoms with E-state index in [4.69, 9.17) is 4.74 Å². The molecular weight excluding hydrogens is 444 g/mol. The van der Waals surface area contributed by atoms with Crippen molar-refractivity contribution >= 4 is 26.8 Å². The number of likely N-dealkylation sites (tertiary alicyclic amines) is 1. The summed E-state index contributed by atoms with van der Waals surface area (Å²) in [6.07, 6.45) is 4.75. The number of aliphatic hydroxyl groups is 1. The number of benzene rings is 1. The lowest BCUT2D eigenvalue weighted by Crippen LogP contribution is -2.68. The van der Waals surface area contributed by atoms with E-state index in [1.54, 1.807) is 30.5 Å². The van der Waals surface area contributed by atoms with Crippen molar-refractivity contribution in [3.8, 4) is 5.75 Å². The maximum atomic E-state index is 12.9. The van der Waals surface area contributed by atoms with Gasteiger partial charge in [-0.3, -0.25) is 9.78 Å². The fraction of sp³-hybridized carbons (Fsp3) is 0.391. The summed E-state index contributed by atoms with van der Waals surface area (Å²) in [6, 6.07) is 8.64. The van der Waals surface area contributed by atoms with Gasteiger partial charge in [0, 0.05) is 60.1 Å². The predicted molar refractivity (Wildman–Crippen MR) is 122 cm³/mol. The number of nitrogens with one attached hydrogen (secondary N) is 1. The van der Waals surface area contributed by atoms with Crippen molar-refractivity contribution in [1.82, 2.24) is 19.2 Å². The average Bonchev–Trinajstić information content (AvgIpc) is 3.15. The van der Waals surface area contributed by atoms with Crippen LogP contribution < -0.4 is 4.74 Å². The van der Waals surface area contributed by atoms with Crippen LogP contribution in [0, 0.1) is 0 Å². The summed E-state index contributed by atoms with van der Waals surface area (Å²) in [5.41, 5.74) is 2.75. The number of hydrogen-bond acceptors (Lipinski definition) is 6. The number of methoxy groups -OCH3 is 1. The number of aromatic amines is 1. The number of H-pyrrole nitrogens is 1. The Morgan fingerprint density at radius 3 is 2.73 bits per heavy atom. The summed E-state index contributed by atoms with van der Waals surface area (Å²) in [7, 11) is -2.01. The first-order valence-corrected chi connectivity index (χ1v) is 12.5. The molecule has 0 bridgehead atoms. The number of aliphatic hydroxyl groups excluding tert-OH is 1. The van der Waals surface area contributed by atoms with Gasteiger partial charge in [-0.05, 0) is 29.3 Å². The first-order chi connectivity index (χ1) is 15.8. The van der Waals surface area contributed by atoms with Gasteiger partial charge in [-0.2, -0.15) is 4.31 Å². The molecule has 0 unspecified atom stereocenters. The second-order valence-electron chi connectivity index (χ2n) is 8.90. The maximum absolute atomic E-state index is 12.9. The number of pyridine rings is 1. The van der Waals surface area contributed by atoms with E-state index >= 15 is 0 Å². The third kappa shape index (κ3) is 3.58. The summed E-state index contributed by atoms with van der Waals surface area (Å²) in [5, 5.41) is 11.1. The Hall–Kier alpha value is -2.95. The molecular formula is C23H26N4O5S. The van der Waals surface area contributed by atoms with E-state index in [-0.39, 0.29) is 25.5 Å². The van der Waals surface area contributed by atoms with Crippen LogP contribution in [-0.2, 0) is 26.7 Å². The number of rotatable bonds is 5. The van der Waals surface area contributed by atoms with Gasteiger partial charge in [-0.15, -0.1) is 0 Å². The zero-order valence-electron chi connectivity index (χ0n) is 18.5. The molecule has 1 spiro atoms. The highest BCUT2D eigenvalue weighted by Gasteiger charge is 2.55. The molecule has 10 heteroatoms. The molecule has 2 N–H and O–H groups in total. The molecule has 3 aromatic rings. The summed E-state index contributed by atoms with van der Waals surface area (Å²) in [4.78, 5) is 22.1. The van der Waals surface area contributed by atoms with Crippen molar-refractivity contribution in [1.29, 1.82) is 0 Å². The number of carbonyl (C=O) groups is 1. The van der Waals surface area contributed by atoms with Gasteiger partial charge in [0.05, 0.1) is 32.4 Å². The number of nitrogens with zero attached hydrogens (tertiary/aromatic N) is 3. The maximum Gasteiger partial charge on any atom is 0.227 e. The second kappa shape index (κ2) is 7.82. The van der Waals surface area contributed by atoms with Gasteiger partial charge in [0.25, 0.3) is 0 Å². The van der Waals surface area contributed by atoms with Gasteiger partial charge in [-0.1, -0.05) is 6.07 Å². The van der Waals surface area contributed by atoms with E-state index in [9.17, 15) is 18.3 Å². The molecule has 1 aromatic carbocycles. The largest absolute Gasteiger partial charge is 0.497 e. The zero-order valence-corrected chi connectivity index (χ0v) is 19.3. The molecule has 2 aliphatic rings. The average molecular weight is 471 g/mol. The minimum Gasteiger partial charge on any atom is -0.497 e. The molecule has 9 nitrogen and oxygen atoms in total. The van der Waals surface area contributed by atoms with Crippen LogP contribution in [0.5, 0.6) is 5.75 Å². The molecule has 2 aromatic heterocycles. The third-order valence-electron chi connectivity index (χ3n) is 6.72. The molecule has 174 valence electrons. The molecule has 0 aliphatic carbocycles. The Balaban J connectivity index is 1.54. The Labute approximate surface area is 192 Å². The molecule has 0 radical (unpaired) electrons. The highest BCUT2D eigenvalue weighted by Crippen LogP contribution is 2.49. The Kier molecular flexibility index (Phi) is 5.19. The van der Waals surface area contributed by atoms with Crippen LogP contribution in [0.1, 0.15) is 22.9 Å². The monoisotopic (exact) mass is 470 g/mol. The van der Waals surface area contributed by atoms with Crippen LogP contribution >= 0.6 is 0 Å². The lowest BCUT2D eigenvalue weighted by atomic mass is 9.69. The van der Waals surface area contributed by atoms with E-state index in [1.165, 1.54) is 4.31 Å². The molecule has 1 fully saturated rings. The van der Waals surface area contributed by atoms with Gasteiger partial charge in [0.1, 0.15) is 5.75 Å². The summed E-state index contributed by atoms with van der Waals surface area (Å²) >= 11 is 0. The molecule has 33 heavy (non-hydrogen) atoms. The first kappa shape index (κ1) is 21.9. The first-order valence-electron chi connectivity index (χ1n) is 10.7. The summed E-state index contributed by atoms with van der Waals surface area (Å²) in [5.74, 6) is 0.657. The van der Waals surface area contributed by atoms with Crippen LogP contribution in [0.15, 0.2) is 42.7 Å². The number of hydrogen-bond donors (Lipinski definition) is 2. The van der Waals surface area contributed by atoms with E-state index in [0.717, 1.165) is 28.3 Å².